The molecule has 1 aliphatic rings. The highest BCUT2D eigenvalue weighted by Crippen LogP contribution is 2.22. The van der Waals surface area contributed by atoms with E-state index in [1.165, 1.54) is 31.2 Å². The second kappa shape index (κ2) is 7.56. The molecule has 5 heteroatoms. The van der Waals surface area contributed by atoms with E-state index in [1.54, 1.807) is 6.20 Å². The molecular weight excluding hydrogens is 296 g/mol. The van der Waals surface area contributed by atoms with Crippen molar-refractivity contribution in [2.24, 2.45) is 0 Å². The van der Waals surface area contributed by atoms with Gasteiger partial charge in [-0.05, 0) is 24.9 Å². The van der Waals surface area contributed by atoms with Crippen LogP contribution in [-0.2, 0) is 6.54 Å². The molecule has 0 bridgehead atoms. The summed E-state index contributed by atoms with van der Waals surface area (Å²) >= 11 is 6.11. The third-order valence-corrected chi connectivity index (χ3v) is 4.43. The van der Waals surface area contributed by atoms with Crippen LogP contribution in [-0.4, -0.2) is 34.0 Å². The van der Waals surface area contributed by atoms with Gasteiger partial charge in [-0.1, -0.05) is 48.4 Å². The van der Waals surface area contributed by atoms with Crippen LogP contribution in [0.3, 0.4) is 0 Å². The Morgan fingerprint density at radius 3 is 2.91 bits per heavy atom. The van der Waals surface area contributed by atoms with E-state index in [4.69, 9.17) is 11.6 Å². The second-order valence-electron chi connectivity index (χ2n) is 5.71. The van der Waals surface area contributed by atoms with Gasteiger partial charge in [0.05, 0.1) is 6.20 Å². The first kappa shape index (κ1) is 15.3. The summed E-state index contributed by atoms with van der Waals surface area (Å²) in [5.41, 5.74) is 1.37. The molecule has 0 aliphatic carbocycles. The first-order valence-electron chi connectivity index (χ1n) is 7.80. The van der Waals surface area contributed by atoms with Crippen molar-refractivity contribution in [2.75, 3.05) is 18.4 Å². The number of nitrogens with zero attached hydrogens (tertiary/aromatic N) is 3. The average Bonchev–Trinajstić information content (AvgIpc) is 2.56. The summed E-state index contributed by atoms with van der Waals surface area (Å²) < 4.78 is 0. The van der Waals surface area contributed by atoms with Crippen molar-refractivity contribution >= 4 is 17.4 Å². The molecule has 2 aromatic rings. The van der Waals surface area contributed by atoms with Crippen LogP contribution in [0.25, 0.3) is 0 Å². The van der Waals surface area contributed by atoms with Gasteiger partial charge >= 0.3 is 0 Å². The van der Waals surface area contributed by atoms with E-state index in [0.717, 1.165) is 25.5 Å². The minimum Gasteiger partial charge on any atom is -0.367 e. The Morgan fingerprint density at radius 2 is 2.09 bits per heavy atom. The molecular formula is C17H21ClN4. The summed E-state index contributed by atoms with van der Waals surface area (Å²) in [5.74, 6) is 0.724. The average molecular weight is 317 g/mol. The molecule has 4 nitrogen and oxygen atoms in total. The van der Waals surface area contributed by atoms with Crippen LogP contribution in [0.4, 0.5) is 5.82 Å². The van der Waals surface area contributed by atoms with Crippen LogP contribution < -0.4 is 5.32 Å². The van der Waals surface area contributed by atoms with Gasteiger partial charge < -0.3 is 5.32 Å². The van der Waals surface area contributed by atoms with Crippen molar-refractivity contribution in [3.8, 4) is 0 Å². The molecule has 1 aromatic heterocycles. The van der Waals surface area contributed by atoms with Gasteiger partial charge in [-0.2, -0.15) is 0 Å². The fraction of sp³-hybridized carbons (Fsp3) is 0.412. The van der Waals surface area contributed by atoms with E-state index >= 15 is 0 Å². The molecule has 0 radical (unpaired) electrons. The maximum absolute atomic E-state index is 6.11. The number of likely N-dealkylation sites (tertiary alicyclic amines) is 1. The number of benzene rings is 1. The van der Waals surface area contributed by atoms with Crippen LogP contribution in [0.5, 0.6) is 0 Å². The SMILES string of the molecule is Clc1cncnc1NCC1CCCCN1Cc1ccccc1. The number of rotatable bonds is 5. The van der Waals surface area contributed by atoms with E-state index in [2.05, 4.69) is 50.5 Å². The Kier molecular flexibility index (Phi) is 5.24. The van der Waals surface area contributed by atoms with Gasteiger partial charge in [0.1, 0.15) is 17.2 Å². The lowest BCUT2D eigenvalue weighted by Crippen LogP contribution is -2.43. The largest absolute Gasteiger partial charge is 0.367 e. The molecule has 1 fully saturated rings. The first-order chi connectivity index (χ1) is 10.8. The molecule has 1 aliphatic heterocycles. The number of anilines is 1. The van der Waals surface area contributed by atoms with Crippen LogP contribution in [0.1, 0.15) is 24.8 Å². The lowest BCUT2D eigenvalue weighted by Gasteiger charge is -2.36. The molecule has 0 amide bonds. The monoisotopic (exact) mass is 316 g/mol. The van der Waals surface area contributed by atoms with Gasteiger partial charge in [-0.25, -0.2) is 9.97 Å². The quantitative estimate of drug-likeness (QED) is 0.915. The third kappa shape index (κ3) is 3.96. The lowest BCUT2D eigenvalue weighted by molar-refractivity contribution is 0.148. The molecule has 2 heterocycles. The Balaban J connectivity index is 1.61. The van der Waals surface area contributed by atoms with Crippen molar-refractivity contribution in [3.63, 3.8) is 0 Å². The van der Waals surface area contributed by atoms with Gasteiger partial charge in [0.25, 0.3) is 0 Å². The summed E-state index contributed by atoms with van der Waals surface area (Å²) in [5, 5.41) is 3.95. The third-order valence-electron chi connectivity index (χ3n) is 4.15. The fourth-order valence-corrected chi connectivity index (χ4v) is 3.15. The van der Waals surface area contributed by atoms with Gasteiger partial charge in [0.2, 0.25) is 0 Å². The summed E-state index contributed by atoms with van der Waals surface area (Å²) in [4.78, 5) is 10.7. The molecule has 1 N–H and O–H groups in total. The lowest BCUT2D eigenvalue weighted by atomic mass is 10.0. The minimum atomic E-state index is 0.514. The van der Waals surface area contributed by atoms with Gasteiger partial charge in [0, 0.05) is 19.1 Å². The Bertz CT molecular complexity index is 590. The van der Waals surface area contributed by atoms with Crippen molar-refractivity contribution in [2.45, 2.75) is 31.8 Å². The van der Waals surface area contributed by atoms with Crippen molar-refractivity contribution in [1.29, 1.82) is 0 Å². The summed E-state index contributed by atoms with van der Waals surface area (Å²) in [6.45, 7) is 3.02. The Labute approximate surface area is 136 Å². The van der Waals surface area contributed by atoms with E-state index < -0.39 is 0 Å². The standard InChI is InChI=1S/C17H21ClN4/c18-16-11-19-13-21-17(16)20-10-15-8-4-5-9-22(15)12-14-6-2-1-3-7-14/h1-3,6-7,11,13,15H,4-5,8-10,12H2,(H,19,20,21). The van der Waals surface area contributed by atoms with Crippen LogP contribution in [0, 0.1) is 0 Å². The number of nitrogens with one attached hydrogen (secondary N) is 1. The number of halogens is 1. The molecule has 1 unspecified atom stereocenters. The second-order valence-corrected chi connectivity index (χ2v) is 6.11. The van der Waals surface area contributed by atoms with Gasteiger partial charge in [0.15, 0.2) is 0 Å². The zero-order chi connectivity index (χ0) is 15.2. The zero-order valence-electron chi connectivity index (χ0n) is 12.6. The highest BCUT2D eigenvalue weighted by molar-refractivity contribution is 6.32. The molecule has 0 spiro atoms. The smallest absolute Gasteiger partial charge is 0.148 e. The van der Waals surface area contributed by atoms with Gasteiger partial charge in [-0.15, -0.1) is 0 Å². The van der Waals surface area contributed by atoms with Crippen LogP contribution in [0.15, 0.2) is 42.9 Å². The minimum absolute atomic E-state index is 0.514. The molecule has 1 saturated heterocycles. The molecule has 3 rings (SSSR count). The van der Waals surface area contributed by atoms with Crippen molar-refractivity contribution < 1.29 is 0 Å². The number of hydrogen-bond acceptors (Lipinski definition) is 4. The van der Waals surface area contributed by atoms with E-state index in [1.807, 2.05) is 0 Å². The highest BCUT2D eigenvalue weighted by atomic mass is 35.5. The molecule has 116 valence electrons. The van der Waals surface area contributed by atoms with Gasteiger partial charge in [-0.3, -0.25) is 4.90 Å². The van der Waals surface area contributed by atoms with Crippen molar-refractivity contribution in [3.05, 3.63) is 53.4 Å². The maximum atomic E-state index is 6.11. The van der Waals surface area contributed by atoms with Crippen LogP contribution in [0.2, 0.25) is 5.02 Å². The van der Waals surface area contributed by atoms with Crippen LogP contribution >= 0.6 is 11.6 Å². The van der Waals surface area contributed by atoms with E-state index in [0.29, 0.717) is 11.1 Å². The number of aromatic nitrogens is 2. The fourth-order valence-electron chi connectivity index (χ4n) is 2.97. The zero-order valence-corrected chi connectivity index (χ0v) is 13.3. The summed E-state index contributed by atoms with van der Waals surface area (Å²) in [6, 6.07) is 11.2. The number of piperidine rings is 1. The number of hydrogen-bond donors (Lipinski definition) is 1. The Hall–Kier alpha value is -1.65. The molecule has 1 aromatic carbocycles. The predicted molar refractivity (Wildman–Crippen MR) is 90.0 cm³/mol. The molecule has 1 atom stereocenters. The van der Waals surface area contributed by atoms with E-state index in [9.17, 15) is 0 Å². The normalized spacial score (nSPS) is 19.0. The molecule has 0 saturated carbocycles. The maximum Gasteiger partial charge on any atom is 0.148 e. The summed E-state index contributed by atoms with van der Waals surface area (Å²) in [7, 11) is 0. The molecule has 22 heavy (non-hydrogen) atoms. The highest BCUT2D eigenvalue weighted by Gasteiger charge is 2.22. The summed E-state index contributed by atoms with van der Waals surface area (Å²) in [6.07, 6.45) is 6.92. The Morgan fingerprint density at radius 1 is 1.23 bits per heavy atom. The van der Waals surface area contributed by atoms with Crippen molar-refractivity contribution in [1.82, 2.24) is 14.9 Å². The predicted octanol–water partition coefficient (Wildman–Crippen LogP) is 3.60. The van der Waals surface area contributed by atoms with E-state index in [-0.39, 0.29) is 0 Å². The first-order valence-corrected chi connectivity index (χ1v) is 8.18. The topological polar surface area (TPSA) is 41.1 Å².